The summed E-state index contributed by atoms with van der Waals surface area (Å²) < 4.78 is 10.6. The third-order valence-electron chi connectivity index (χ3n) is 4.72. The van der Waals surface area contributed by atoms with E-state index in [0.717, 1.165) is 11.0 Å². The summed E-state index contributed by atoms with van der Waals surface area (Å²) in [6, 6.07) is 5.14. The summed E-state index contributed by atoms with van der Waals surface area (Å²) in [4.78, 5) is 36.4. The van der Waals surface area contributed by atoms with Gasteiger partial charge in [-0.3, -0.25) is 10.1 Å². The van der Waals surface area contributed by atoms with Crippen molar-refractivity contribution in [1.82, 2.24) is 9.80 Å². The minimum atomic E-state index is -0.890. The van der Waals surface area contributed by atoms with Crippen LogP contribution in [-0.2, 0) is 4.74 Å². The number of guanidine groups is 1. The molecule has 0 N–H and O–H groups in total. The highest BCUT2D eigenvalue weighted by atomic mass is 16.7. The lowest BCUT2D eigenvalue weighted by Gasteiger charge is -2.23. The van der Waals surface area contributed by atoms with Crippen LogP contribution >= 0.6 is 0 Å². The van der Waals surface area contributed by atoms with Crippen molar-refractivity contribution in [3.05, 3.63) is 44.5 Å². The van der Waals surface area contributed by atoms with Crippen molar-refractivity contribution in [2.75, 3.05) is 32.8 Å². The van der Waals surface area contributed by atoms with Crippen LogP contribution in [0.4, 0.5) is 10.5 Å². The van der Waals surface area contributed by atoms with Gasteiger partial charge in [-0.15, -0.1) is 0 Å². The molecule has 1 amide bonds. The third kappa shape index (κ3) is 4.34. The Morgan fingerprint density at radius 3 is 2.75 bits per heavy atom. The van der Waals surface area contributed by atoms with Gasteiger partial charge in [0.25, 0.3) is 11.6 Å². The lowest BCUT2D eigenvalue weighted by Crippen LogP contribution is -2.42. The van der Waals surface area contributed by atoms with E-state index >= 15 is 0 Å². The molecule has 28 heavy (non-hydrogen) atoms. The topological polar surface area (TPSA) is 141 Å². The maximum Gasteiger partial charge on any atom is 0.422 e. The number of amides is 1. The monoisotopic (exact) mass is 393 g/mol. The number of benzene rings is 1. The third-order valence-corrected chi connectivity index (χ3v) is 4.72. The maximum atomic E-state index is 12.5. The predicted octanol–water partition coefficient (Wildman–Crippen LogP) is 1.54. The summed E-state index contributed by atoms with van der Waals surface area (Å²) in [7, 11) is 0. The second-order valence-corrected chi connectivity index (χ2v) is 6.63. The Kier molecular flexibility index (Phi) is 5.68. The molecule has 2 saturated heterocycles. The van der Waals surface area contributed by atoms with Gasteiger partial charge in [-0.25, -0.2) is 19.8 Å². The number of nitro benzene ring substituents is 1. The normalized spacial score (nSPS) is 23.2. The fourth-order valence-electron chi connectivity index (χ4n) is 3.17. The second-order valence-electron chi connectivity index (χ2n) is 6.63. The highest BCUT2D eigenvalue weighted by Crippen LogP contribution is 2.24. The summed E-state index contributed by atoms with van der Waals surface area (Å²) in [5.74, 6) is 0.322. The van der Waals surface area contributed by atoms with Crippen LogP contribution in [-0.4, -0.2) is 64.7 Å². The molecule has 2 unspecified atom stereocenters. The first-order chi connectivity index (χ1) is 13.3. The molecule has 0 aromatic heterocycles. The number of non-ortho nitro benzene ring substituents is 1. The average molecular weight is 393 g/mol. The van der Waals surface area contributed by atoms with E-state index in [1.54, 1.807) is 4.90 Å². The van der Waals surface area contributed by atoms with Crippen LogP contribution < -0.4 is 4.74 Å². The standard InChI is InChI=1S/C16H19N5O7/c1-11-9-27-10-12(11)8-18-5-6-19(15(18)17-21(25)26)16(22)28-14-4-2-3-13(7-14)20(23)24/h2-4,7,11-12H,5-6,8-10H2,1H3. The van der Waals surface area contributed by atoms with Gasteiger partial charge in [0, 0.05) is 31.7 Å². The fraction of sp³-hybridized carbons (Fsp3) is 0.500. The van der Waals surface area contributed by atoms with Crippen LogP contribution in [0.1, 0.15) is 6.92 Å². The van der Waals surface area contributed by atoms with Crippen molar-refractivity contribution in [2.45, 2.75) is 6.92 Å². The van der Waals surface area contributed by atoms with E-state index in [2.05, 4.69) is 5.10 Å². The average Bonchev–Trinajstić information content (AvgIpc) is 3.22. The molecular formula is C16H19N5O7. The van der Waals surface area contributed by atoms with Gasteiger partial charge in [0.1, 0.15) is 10.9 Å². The summed E-state index contributed by atoms with van der Waals surface area (Å²) in [6.07, 6.45) is -0.890. The van der Waals surface area contributed by atoms with E-state index < -0.39 is 16.0 Å². The summed E-state index contributed by atoms with van der Waals surface area (Å²) >= 11 is 0. The smallest absolute Gasteiger partial charge is 0.410 e. The first kappa shape index (κ1) is 19.5. The van der Waals surface area contributed by atoms with Crippen molar-refractivity contribution in [2.24, 2.45) is 16.9 Å². The zero-order valence-corrected chi connectivity index (χ0v) is 15.1. The Balaban J connectivity index is 1.74. The summed E-state index contributed by atoms with van der Waals surface area (Å²) in [5, 5.41) is 24.3. The van der Waals surface area contributed by atoms with Crippen LogP contribution in [0.25, 0.3) is 0 Å². The molecule has 0 saturated carbocycles. The minimum Gasteiger partial charge on any atom is -0.410 e. The summed E-state index contributed by atoms with van der Waals surface area (Å²) in [5.41, 5.74) is -0.234. The summed E-state index contributed by atoms with van der Waals surface area (Å²) in [6.45, 7) is 4.18. The lowest BCUT2D eigenvalue weighted by molar-refractivity contribution is -0.486. The first-order valence-electron chi connectivity index (χ1n) is 8.64. The van der Waals surface area contributed by atoms with E-state index in [1.807, 2.05) is 6.92 Å². The quantitative estimate of drug-likeness (QED) is 0.542. The van der Waals surface area contributed by atoms with Crippen LogP contribution in [0.3, 0.4) is 0 Å². The minimum absolute atomic E-state index is 0.0316. The molecule has 12 heteroatoms. The number of carbonyl (C=O) groups excluding carboxylic acids is 1. The Bertz CT molecular complexity index is 814. The van der Waals surface area contributed by atoms with E-state index in [-0.39, 0.29) is 29.9 Å². The molecule has 0 aliphatic carbocycles. The van der Waals surface area contributed by atoms with Gasteiger partial charge < -0.3 is 14.4 Å². The molecule has 2 heterocycles. The number of nitro groups is 2. The number of hydrogen-bond acceptors (Lipinski definition) is 7. The van der Waals surface area contributed by atoms with Crippen LogP contribution in [0.15, 0.2) is 29.4 Å². The van der Waals surface area contributed by atoms with Crippen molar-refractivity contribution in [3.63, 3.8) is 0 Å². The van der Waals surface area contributed by atoms with Gasteiger partial charge in [0.05, 0.1) is 24.1 Å². The molecule has 2 aliphatic heterocycles. The largest absolute Gasteiger partial charge is 0.422 e. The Morgan fingerprint density at radius 1 is 1.32 bits per heavy atom. The molecule has 0 radical (unpaired) electrons. The van der Waals surface area contributed by atoms with E-state index in [0.29, 0.717) is 32.2 Å². The molecular weight excluding hydrogens is 374 g/mol. The Labute approximate surface area is 159 Å². The zero-order chi connectivity index (χ0) is 20.3. The number of carbonyl (C=O) groups is 1. The molecule has 150 valence electrons. The first-order valence-corrected chi connectivity index (χ1v) is 8.64. The molecule has 1 aromatic carbocycles. The molecule has 1 aromatic rings. The maximum absolute atomic E-state index is 12.5. The number of hydrogen-bond donors (Lipinski definition) is 0. The molecule has 0 bridgehead atoms. The van der Waals surface area contributed by atoms with Crippen molar-refractivity contribution in [3.8, 4) is 5.75 Å². The van der Waals surface area contributed by atoms with Crippen molar-refractivity contribution in [1.29, 1.82) is 0 Å². The van der Waals surface area contributed by atoms with Gasteiger partial charge in [-0.05, 0) is 12.0 Å². The Morgan fingerprint density at radius 2 is 2.11 bits per heavy atom. The predicted molar refractivity (Wildman–Crippen MR) is 95.3 cm³/mol. The van der Waals surface area contributed by atoms with Gasteiger partial charge in [0.2, 0.25) is 0 Å². The zero-order valence-electron chi connectivity index (χ0n) is 15.1. The molecule has 2 fully saturated rings. The lowest BCUT2D eigenvalue weighted by atomic mass is 9.98. The van der Waals surface area contributed by atoms with Gasteiger partial charge in [0.15, 0.2) is 5.03 Å². The Hall–Kier alpha value is -3.28. The van der Waals surface area contributed by atoms with E-state index in [9.17, 15) is 25.0 Å². The van der Waals surface area contributed by atoms with Gasteiger partial charge in [-0.1, -0.05) is 13.0 Å². The van der Waals surface area contributed by atoms with E-state index in [4.69, 9.17) is 9.47 Å². The number of nitrogens with zero attached hydrogens (tertiary/aromatic N) is 5. The van der Waals surface area contributed by atoms with Gasteiger partial charge in [-0.2, -0.15) is 0 Å². The second kappa shape index (κ2) is 8.17. The van der Waals surface area contributed by atoms with Crippen LogP contribution in [0, 0.1) is 32.1 Å². The molecule has 2 atom stereocenters. The number of hydrazone groups is 1. The molecule has 3 rings (SSSR count). The van der Waals surface area contributed by atoms with Crippen molar-refractivity contribution >= 4 is 17.7 Å². The van der Waals surface area contributed by atoms with Crippen LogP contribution in [0.5, 0.6) is 5.75 Å². The molecule has 2 aliphatic rings. The SMILES string of the molecule is CC1COCC1CN1CCN(C(=O)Oc2cccc([N+](=O)[O-])c2)C1=N[N+](=O)[O-]. The van der Waals surface area contributed by atoms with Crippen LogP contribution in [0.2, 0.25) is 0 Å². The van der Waals surface area contributed by atoms with E-state index in [1.165, 1.54) is 18.2 Å². The van der Waals surface area contributed by atoms with Crippen molar-refractivity contribution < 1.29 is 24.2 Å². The number of ether oxygens (including phenoxy) is 2. The highest BCUT2D eigenvalue weighted by molar-refractivity contribution is 5.96. The highest BCUT2D eigenvalue weighted by Gasteiger charge is 2.38. The fourth-order valence-corrected chi connectivity index (χ4v) is 3.17. The molecule has 12 nitrogen and oxygen atoms in total. The molecule has 0 spiro atoms. The van der Waals surface area contributed by atoms with Gasteiger partial charge >= 0.3 is 6.09 Å². The number of rotatable bonds is 5.